The smallest absolute Gasteiger partial charge is 0.251 e. The Morgan fingerprint density at radius 3 is 2.75 bits per heavy atom. The molecule has 1 aromatic carbocycles. The summed E-state index contributed by atoms with van der Waals surface area (Å²) in [7, 11) is 0. The van der Waals surface area contributed by atoms with E-state index in [1.54, 1.807) is 12.1 Å². The van der Waals surface area contributed by atoms with E-state index >= 15 is 0 Å². The molecule has 88 valence electrons. The summed E-state index contributed by atoms with van der Waals surface area (Å²) in [6.07, 6.45) is 0.549. The van der Waals surface area contributed by atoms with Crippen molar-refractivity contribution >= 4 is 11.6 Å². The lowest BCUT2D eigenvalue weighted by Gasteiger charge is -2.13. The van der Waals surface area contributed by atoms with E-state index in [9.17, 15) is 4.79 Å². The van der Waals surface area contributed by atoms with Gasteiger partial charge in [-0.05, 0) is 44.0 Å². The van der Waals surface area contributed by atoms with Gasteiger partial charge in [0.25, 0.3) is 5.91 Å². The first-order chi connectivity index (χ1) is 7.52. The molecule has 4 nitrogen and oxygen atoms in total. The molecule has 4 N–H and O–H groups in total. The van der Waals surface area contributed by atoms with E-state index in [1.165, 1.54) is 0 Å². The molecule has 0 heterocycles. The van der Waals surface area contributed by atoms with Gasteiger partial charge in [0.2, 0.25) is 0 Å². The molecule has 4 heteroatoms. The van der Waals surface area contributed by atoms with Gasteiger partial charge in [0, 0.05) is 23.9 Å². The highest BCUT2D eigenvalue weighted by molar-refractivity contribution is 5.95. The molecule has 0 radical (unpaired) electrons. The first-order valence-corrected chi connectivity index (χ1v) is 5.32. The maximum Gasteiger partial charge on any atom is 0.251 e. The standard InChI is InChI=1S/C12H18N2O2/c1-8-5-10(7-11(13)6-8)12(16)14-9(2)3-4-15/h5-7,9,15H,3-4,13H2,1-2H3,(H,14,16). The average Bonchev–Trinajstić information content (AvgIpc) is 2.16. The Kier molecular flexibility index (Phi) is 4.31. The third-order valence-corrected chi connectivity index (χ3v) is 2.30. The van der Waals surface area contributed by atoms with Crippen LogP contribution in [0.15, 0.2) is 18.2 Å². The van der Waals surface area contributed by atoms with E-state index < -0.39 is 0 Å². The second-order valence-corrected chi connectivity index (χ2v) is 4.02. The van der Waals surface area contributed by atoms with Crippen molar-refractivity contribution in [2.45, 2.75) is 26.3 Å². The van der Waals surface area contributed by atoms with Gasteiger partial charge in [0.05, 0.1) is 0 Å². The molecule has 0 saturated heterocycles. The fourth-order valence-corrected chi connectivity index (χ4v) is 1.52. The Morgan fingerprint density at radius 2 is 2.19 bits per heavy atom. The van der Waals surface area contributed by atoms with Crippen molar-refractivity contribution < 1.29 is 9.90 Å². The lowest BCUT2D eigenvalue weighted by Crippen LogP contribution is -2.33. The van der Waals surface area contributed by atoms with Crippen LogP contribution < -0.4 is 11.1 Å². The molecule has 16 heavy (non-hydrogen) atoms. The highest BCUT2D eigenvalue weighted by Crippen LogP contribution is 2.11. The van der Waals surface area contributed by atoms with Crippen molar-refractivity contribution in [3.63, 3.8) is 0 Å². The Hall–Kier alpha value is -1.55. The fourth-order valence-electron chi connectivity index (χ4n) is 1.52. The quantitative estimate of drug-likeness (QED) is 0.667. The van der Waals surface area contributed by atoms with Gasteiger partial charge in [0.15, 0.2) is 0 Å². The molecule has 0 saturated carbocycles. The molecular formula is C12H18N2O2. The summed E-state index contributed by atoms with van der Waals surface area (Å²) in [6, 6.07) is 5.21. The molecule has 0 aliphatic heterocycles. The van der Waals surface area contributed by atoms with Crippen LogP contribution >= 0.6 is 0 Å². The molecule has 0 fully saturated rings. The van der Waals surface area contributed by atoms with E-state index in [0.29, 0.717) is 17.7 Å². The molecule has 1 atom stereocenters. The fraction of sp³-hybridized carbons (Fsp3) is 0.417. The van der Waals surface area contributed by atoms with Gasteiger partial charge in [-0.2, -0.15) is 0 Å². The summed E-state index contributed by atoms with van der Waals surface area (Å²) in [5, 5.41) is 11.5. The third kappa shape index (κ3) is 3.55. The van der Waals surface area contributed by atoms with E-state index in [2.05, 4.69) is 5.32 Å². The summed E-state index contributed by atoms with van der Waals surface area (Å²) in [6.45, 7) is 3.81. The van der Waals surface area contributed by atoms with Gasteiger partial charge in [-0.15, -0.1) is 0 Å². The largest absolute Gasteiger partial charge is 0.399 e. The Balaban J connectivity index is 2.72. The maximum atomic E-state index is 11.8. The number of aryl methyl sites for hydroxylation is 1. The number of hydrogen-bond acceptors (Lipinski definition) is 3. The number of nitrogens with one attached hydrogen (secondary N) is 1. The van der Waals surface area contributed by atoms with Gasteiger partial charge in [-0.1, -0.05) is 0 Å². The molecular weight excluding hydrogens is 204 g/mol. The zero-order chi connectivity index (χ0) is 12.1. The van der Waals surface area contributed by atoms with Gasteiger partial charge in [-0.3, -0.25) is 4.79 Å². The lowest BCUT2D eigenvalue weighted by atomic mass is 10.1. The molecule has 1 rings (SSSR count). The number of benzene rings is 1. The highest BCUT2D eigenvalue weighted by Gasteiger charge is 2.10. The molecule has 0 aliphatic rings. The van der Waals surface area contributed by atoms with E-state index in [0.717, 1.165) is 5.56 Å². The second kappa shape index (κ2) is 5.51. The van der Waals surface area contributed by atoms with Crippen molar-refractivity contribution in [1.82, 2.24) is 5.32 Å². The van der Waals surface area contributed by atoms with Gasteiger partial charge < -0.3 is 16.2 Å². The normalized spacial score (nSPS) is 12.2. The predicted octanol–water partition coefficient (Wildman–Crippen LogP) is 1.08. The first kappa shape index (κ1) is 12.5. The zero-order valence-electron chi connectivity index (χ0n) is 9.66. The van der Waals surface area contributed by atoms with Crippen molar-refractivity contribution in [2.24, 2.45) is 0 Å². The Labute approximate surface area is 95.5 Å². The van der Waals surface area contributed by atoms with Crippen molar-refractivity contribution in [3.8, 4) is 0 Å². The van der Waals surface area contributed by atoms with Crippen molar-refractivity contribution in [1.29, 1.82) is 0 Å². The maximum absolute atomic E-state index is 11.8. The molecule has 1 unspecified atom stereocenters. The number of nitrogens with two attached hydrogens (primary N) is 1. The Bertz CT molecular complexity index is 357. The summed E-state index contributed by atoms with van der Waals surface area (Å²) in [4.78, 5) is 11.8. The first-order valence-electron chi connectivity index (χ1n) is 5.32. The summed E-state index contributed by atoms with van der Waals surface area (Å²) >= 11 is 0. The van der Waals surface area contributed by atoms with Crippen LogP contribution in [-0.4, -0.2) is 23.7 Å². The number of rotatable bonds is 4. The third-order valence-electron chi connectivity index (χ3n) is 2.30. The SMILES string of the molecule is Cc1cc(N)cc(C(=O)NC(C)CCO)c1. The zero-order valence-corrected chi connectivity index (χ0v) is 9.66. The number of carbonyl (C=O) groups excluding carboxylic acids is 1. The number of anilines is 1. The van der Waals surface area contributed by atoms with E-state index in [4.69, 9.17) is 10.8 Å². The summed E-state index contributed by atoms with van der Waals surface area (Å²) < 4.78 is 0. The number of aliphatic hydroxyl groups excluding tert-OH is 1. The van der Waals surface area contributed by atoms with Crippen LogP contribution in [0.4, 0.5) is 5.69 Å². The second-order valence-electron chi connectivity index (χ2n) is 4.02. The summed E-state index contributed by atoms with van der Waals surface area (Å²) in [5.74, 6) is -0.156. The number of amides is 1. The highest BCUT2D eigenvalue weighted by atomic mass is 16.3. The van der Waals surface area contributed by atoms with Crippen molar-refractivity contribution in [3.05, 3.63) is 29.3 Å². The van der Waals surface area contributed by atoms with Crippen LogP contribution in [0.25, 0.3) is 0 Å². The van der Waals surface area contributed by atoms with Crippen LogP contribution in [-0.2, 0) is 0 Å². The number of aliphatic hydroxyl groups is 1. The predicted molar refractivity (Wildman–Crippen MR) is 64.2 cm³/mol. The average molecular weight is 222 g/mol. The molecule has 1 aromatic rings. The van der Waals surface area contributed by atoms with Crippen LogP contribution in [0, 0.1) is 6.92 Å². The number of carbonyl (C=O) groups is 1. The van der Waals surface area contributed by atoms with Gasteiger partial charge >= 0.3 is 0 Å². The minimum absolute atomic E-state index is 0.0424. The topological polar surface area (TPSA) is 75.4 Å². The van der Waals surface area contributed by atoms with Gasteiger partial charge in [0.1, 0.15) is 0 Å². The van der Waals surface area contributed by atoms with Crippen LogP contribution in [0.5, 0.6) is 0 Å². The van der Waals surface area contributed by atoms with Crippen LogP contribution in [0.2, 0.25) is 0 Å². The molecule has 0 spiro atoms. The number of nitrogen functional groups attached to an aromatic ring is 1. The minimum Gasteiger partial charge on any atom is -0.399 e. The number of hydrogen-bond donors (Lipinski definition) is 3. The van der Waals surface area contributed by atoms with E-state index in [1.807, 2.05) is 19.9 Å². The molecule has 0 aliphatic carbocycles. The molecule has 0 aromatic heterocycles. The monoisotopic (exact) mass is 222 g/mol. The van der Waals surface area contributed by atoms with Gasteiger partial charge in [-0.25, -0.2) is 0 Å². The summed E-state index contributed by atoms with van der Waals surface area (Å²) in [5.41, 5.74) is 7.77. The van der Waals surface area contributed by atoms with Crippen LogP contribution in [0.3, 0.4) is 0 Å². The lowest BCUT2D eigenvalue weighted by molar-refractivity contribution is 0.0934. The Morgan fingerprint density at radius 1 is 1.50 bits per heavy atom. The molecule has 1 amide bonds. The minimum atomic E-state index is -0.156. The molecule has 0 bridgehead atoms. The van der Waals surface area contributed by atoms with Crippen LogP contribution in [0.1, 0.15) is 29.3 Å². The van der Waals surface area contributed by atoms with E-state index in [-0.39, 0.29) is 18.6 Å². The van der Waals surface area contributed by atoms with Crippen molar-refractivity contribution in [2.75, 3.05) is 12.3 Å².